The molecule has 10 nitrogen and oxygen atoms in total. The molecular formula is C28H26N4O6S2. The number of carboxylic acids is 1. The molecule has 5 rings (SSSR count). The number of aromatic carboxylic acids is 1. The number of sulfonamides is 1. The van der Waals surface area contributed by atoms with Crippen molar-refractivity contribution < 1.29 is 27.5 Å². The van der Waals surface area contributed by atoms with Gasteiger partial charge in [-0.05, 0) is 79.3 Å². The van der Waals surface area contributed by atoms with Crippen LogP contribution >= 0.6 is 12.2 Å². The van der Waals surface area contributed by atoms with Crippen LogP contribution in [0.2, 0.25) is 0 Å². The zero-order chi connectivity index (χ0) is 28.6. The van der Waals surface area contributed by atoms with Crippen LogP contribution in [0.25, 0.3) is 11.3 Å². The molecule has 1 fully saturated rings. The second-order valence-corrected chi connectivity index (χ2v) is 11.4. The number of hydrogen-bond acceptors (Lipinski definition) is 7. The van der Waals surface area contributed by atoms with E-state index in [-0.39, 0.29) is 11.3 Å². The van der Waals surface area contributed by atoms with Crippen LogP contribution in [0, 0.1) is 6.92 Å². The molecule has 3 heterocycles. The van der Waals surface area contributed by atoms with Gasteiger partial charge >= 0.3 is 5.97 Å². The standard InChI is InChI=1S/C28H26N4O6S2/c1-16-14-17(27(33)34)7-9-19(16)22-11-12-24(38-22)26-25(20-6-4-5-13-29-20)30-28(39)32(26)18-8-10-23(37-2)21(15-18)31-40(3,35)36/h4-15,25-26,31H,1-3H3,(H,30,39)(H,33,34). The summed E-state index contributed by atoms with van der Waals surface area (Å²) in [5.41, 5.74) is 3.31. The molecule has 1 saturated heterocycles. The zero-order valence-corrected chi connectivity index (χ0v) is 23.4. The minimum absolute atomic E-state index is 0.192. The van der Waals surface area contributed by atoms with Crippen LogP contribution in [-0.2, 0) is 10.0 Å². The molecule has 2 aromatic heterocycles. The molecule has 2 aromatic carbocycles. The number of aromatic nitrogens is 1. The summed E-state index contributed by atoms with van der Waals surface area (Å²) in [4.78, 5) is 17.8. The smallest absolute Gasteiger partial charge is 0.335 e. The number of benzene rings is 2. The van der Waals surface area contributed by atoms with Gasteiger partial charge in [0.15, 0.2) is 5.11 Å². The van der Waals surface area contributed by atoms with Gasteiger partial charge < -0.3 is 24.5 Å². The second kappa shape index (κ2) is 10.6. The van der Waals surface area contributed by atoms with Gasteiger partial charge in [0.2, 0.25) is 10.0 Å². The van der Waals surface area contributed by atoms with Crippen LogP contribution in [0.15, 0.2) is 77.3 Å². The number of carbonyl (C=O) groups is 1. The van der Waals surface area contributed by atoms with Crippen LogP contribution in [0.1, 0.15) is 39.5 Å². The molecule has 2 atom stereocenters. The number of rotatable bonds is 8. The molecule has 1 aliphatic rings. The maximum Gasteiger partial charge on any atom is 0.335 e. The lowest BCUT2D eigenvalue weighted by atomic mass is 10.0. The molecule has 40 heavy (non-hydrogen) atoms. The van der Waals surface area contributed by atoms with E-state index in [0.717, 1.165) is 23.1 Å². The van der Waals surface area contributed by atoms with Crippen molar-refractivity contribution in [2.75, 3.05) is 23.0 Å². The Hall–Kier alpha value is -4.42. The Morgan fingerprint density at radius 3 is 2.60 bits per heavy atom. The predicted octanol–water partition coefficient (Wildman–Crippen LogP) is 4.91. The van der Waals surface area contributed by atoms with Gasteiger partial charge in [-0.2, -0.15) is 0 Å². The number of nitrogens with zero attached hydrogens (tertiary/aromatic N) is 2. The summed E-state index contributed by atoms with van der Waals surface area (Å²) in [5, 5.41) is 13.1. The molecule has 0 spiro atoms. The molecule has 0 saturated carbocycles. The molecule has 4 aromatic rings. The monoisotopic (exact) mass is 578 g/mol. The van der Waals surface area contributed by atoms with E-state index in [2.05, 4.69) is 15.0 Å². The molecule has 0 radical (unpaired) electrons. The van der Waals surface area contributed by atoms with Crippen LogP contribution in [0.5, 0.6) is 5.75 Å². The Morgan fingerprint density at radius 1 is 1.15 bits per heavy atom. The SMILES string of the molecule is COc1ccc(N2C(=S)NC(c3ccccn3)C2c2ccc(-c3ccc(C(=O)O)cc3C)o2)cc1NS(C)(=O)=O. The number of thiocarbonyl (C=S) groups is 1. The highest BCUT2D eigenvalue weighted by atomic mass is 32.2. The van der Waals surface area contributed by atoms with E-state index in [0.29, 0.717) is 28.1 Å². The van der Waals surface area contributed by atoms with Gasteiger partial charge in [0.05, 0.1) is 36.4 Å². The Kier molecular flexibility index (Phi) is 7.21. The Morgan fingerprint density at radius 2 is 1.95 bits per heavy atom. The number of aryl methyl sites for hydroxylation is 1. The molecule has 0 bridgehead atoms. The number of methoxy groups -OCH3 is 1. The Bertz CT molecular complexity index is 1700. The third-order valence-corrected chi connectivity index (χ3v) is 7.42. The fourth-order valence-corrected chi connectivity index (χ4v) is 5.68. The summed E-state index contributed by atoms with van der Waals surface area (Å²) in [6.07, 6.45) is 2.76. The summed E-state index contributed by atoms with van der Waals surface area (Å²) in [6, 6.07) is 18.4. The largest absolute Gasteiger partial charge is 0.495 e. The number of ether oxygens (including phenoxy) is 1. The molecule has 0 aliphatic carbocycles. The van der Waals surface area contributed by atoms with Crippen LogP contribution in [0.4, 0.5) is 11.4 Å². The van der Waals surface area contributed by atoms with E-state index in [4.69, 9.17) is 21.4 Å². The first-order valence-corrected chi connectivity index (χ1v) is 14.5. The maximum atomic E-state index is 12.0. The second-order valence-electron chi connectivity index (χ2n) is 9.29. The van der Waals surface area contributed by atoms with Gasteiger partial charge in [-0.15, -0.1) is 0 Å². The summed E-state index contributed by atoms with van der Waals surface area (Å²) in [6.45, 7) is 1.83. The third kappa shape index (κ3) is 5.36. The Balaban J connectivity index is 1.61. The van der Waals surface area contributed by atoms with Gasteiger partial charge in [-0.1, -0.05) is 12.1 Å². The molecule has 0 amide bonds. The molecule has 206 valence electrons. The third-order valence-electron chi connectivity index (χ3n) is 6.51. The first kappa shape index (κ1) is 27.2. The highest BCUT2D eigenvalue weighted by Crippen LogP contribution is 2.44. The first-order valence-electron chi connectivity index (χ1n) is 12.2. The minimum atomic E-state index is -3.59. The molecular weight excluding hydrogens is 552 g/mol. The zero-order valence-electron chi connectivity index (χ0n) is 21.8. The van der Waals surface area contributed by atoms with Gasteiger partial charge in [0, 0.05) is 17.4 Å². The van der Waals surface area contributed by atoms with Gasteiger partial charge in [-0.25, -0.2) is 13.2 Å². The van der Waals surface area contributed by atoms with Crippen LogP contribution in [0.3, 0.4) is 0 Å². The maximum absolute atomic E-state index is 12.0. The normalized spacial score (nSPS) is 17.0. The van der Waals surface area contributed by atoms with E-state index in [1.54, 1.807) is 36.5 Å². The van der Waals surface area contributed by atoms with Crippen molar-refractivity contribution in [3.8, 4) is 17.1 Å². The van der Waals surface area contributed by atoms with Gasteiger partial charge in [-0.3, -0.25) is 9.71 Å². The van der Waals surface area contributed by atoms with Crippen LogP contribution in [-0.4, -0.2) is 43.0 Å². The summed E-state index contributed by atoms with van der Waals surface area (Å²) in [5.74, 6) is 0.494. The molecule has 1 aliphatic heterocycles. The van der Waals surface area contributed by atoms with Crippen molar-refractivity contribution >= 4 is 44.7 Å². The van der Waals surface area contributed by atoms with E-state index in [9.17, 15) is 18.3 Å². The topological polar surface area (TPSA) is 134 Å². The number of furan rings is 1. The summed E-state index contributed by atoms with van der Waals surface area (Å²) >= 11 is 5.77. The van der Waals surface area contributed by atoms with Crippen molar-refractivity contribution in [2.24, 2.45) is 0 Å². The summed E-state index contributed by atoms with van der Waals surface area (Å²) in [7, 11) is -2.13. The number of hydrogen-bond donors (Lipinski definition) is 3. The number of carboxylic acid groups (broad SMARTS) is 1. The lowest BCUT2D eigenvalue weighted by molar-refractivity contribution is 0.0696. The lowest BCUT2D eigenvalue weighted by Gasteiger charge is -2.27. The quantitative estimate of drug-likeness (QED) is 0.248. The Labute approximate surface area is 236 Å². The first-order chi connectivity index (χ1) is 19.1. The van der Waals surface area contributed by atoms with E-state index in [1.807, 2.05) is 42.2 Å². The fourth-order valence-electron chi connectivity index (χ4n) is 4.78. The molecule has 3 N–H and O–H groups in total. The minimum Gasteiger partial charge on any atom is -0.495 e. The average molecular weight is 579 g/mol. The summed E-state index contributed by atoms with van der Waals surface area (Å²) < 4.78 is 38.3. The van der Waals surface area contributed by atoms with Gasteiger partial charge in [0.25, 0.3) is 0 Å². The van der Waals surface area contributed by atoms with E-state index in [1.165, 1.54) is 13.2 Å². The lowest BCUT2D eigenvalue weighted by Crippen LogP contribution is -2.29. The average Bonchev–Trinajstić information content (AvgIpc) is 3.52. The highest BCUT2D eigenvalue weighted by molar-refractivity contribution is 7.92. The van der Waals surface area contributed by atoms with Gasteiger partial charge in [0.1, 0.15) is 23.3 Å². The van der Waals surface area contributed by atoms with Crippen molar-refractivity contribution in [3.63, 3.8) is 0 Å². The number of pyridine rings is 1. The van der Waals surface area contributed by atoms with Crippen molar-refractivity contribution in [1.82, 2.24) is 10.3 Å². The van der Waals surface area contributed by atoms with Crippen molar-refractivity contribution in [3.05, 3.63) is 95.5 Å². The van der Waals surface area contributed by atoms with E-state index < -0.39 is 28.1 Å². The van der Waals surface area contributed by atoms with Crippen molar-refractivity contribution in [2.45, 2.75) is 19.0 Å². The number of anilines is 2. The molecule has 12 heteroatoms. The van der Waals surface area contributed by atoms with E-state index >= 15 is 0 Å². The predicted molar refractivity (Wildman–Crippen MR) is 155 cm³/mol. The van der Waals surface area contributed by atoms with Crippen molar-refractivity contribution in [1.29, 1.82) is 0 Å². The number of nitrogens with one attached hydrogen (secondary N) is 2. The fraction of sp³-hybridized carbons (Fsp3) is 0.179. The highest BCUT2D eigenvalue weighted by Gasteiger charge is 2.43. The van der Waals surface area contributed by atoms with Crippen LogP contribution < -0.4 is 19.7 Å². The molecule has 2 unspecified atom stereocenters.